The van der Waals surface area contributed by atoms with Crippen LogP contribution in [0.25, 0.3) is 0 Å². The average molecular weight is 411 g/mol. The summed E-state index contributed by atoms with van der Waals surface area (Å²) in [6, 6.07) is 0. The van der Waals surface area contributed by atoms with Crippen molar-refractivity contribution in [2.75, 3.05) is 11.9 Å². The van der Waals surface area contributed by atoms with Gasteiger partial charge in [-0.15, -0.1) is 0 Å². The predicted octanol–water partition coefficient (Wildman–Crippen LogP) is 6.09. The molecule has 1 saturated heterocycles. The highest BCUT2D eigenvalue weighted by molar-refractivity contribution is 9.09. The molecule has 4 fully saturated rings. The molecule has 0 aromatic rings. The first-order valence-corrected chi connectivity index (χ1v) is 11.6. The second-order valence-corrected chi connectivity index (χ2v) is 10.5. The highest BCUT2D eigenvalue weighted by Gasteiger charge is 2.60. The Bertz CT molecular complexity index is 514. The van der Waals surface area contributed by atoms with Gasteiger partial charge in [-0.2, -0.15) is 0 Å². The lowest BCUT2D eigenvalue weighted by Gasteiger charge is -2.63. The number of rotatable bonds is 3. The summed E-state index contributed by atoms with van der Waals surface area (Å²) in [5, 5.41) is 1.08. The minimum Gasteiger partial charge on any atom is -0.352 e. The van der Waals surface area contributed by atoms with Gasteiger partial charge in [-0.25, -0.2) is 0 Å². The van der Waals surface area contributed by atoms with Crippen LogP contribution in [0.5, 0.6) is 0 Å². The van der Waals surface area contributed by atoms with E-state index in [-0.39, 0.29) is 11.7 Å². The number of hydrogen-bond acceptors (Lipinski definition) is 2. The molecule has 2 nitrogen and oxygen atoms in total. The maximum Gasteiger partial charge on any atom is 0.160 e. The molecule has 0 spiro atoms. The summed E-state index contributed by atoms with van der Waals surface area (Å²) < 4.78 is 13.0. The summed E-state index contributed by atoms with van der Waals surface area (Å²) in [5.41, 5.74) is 2.02. The zero-order valence-electron chi connectivity index (χ0n) is 16.1. The molecule has 4 aliphatic rings. The molecular weight excluding hydrogens is 376 g/mol. The van der Waals surface area contributed by atoms with Gasteiger partial charge >= 0.3 is 0 Å². The molecule has 0 aromatic heterocycles. The highest BCUT2D eigenvalue weighted by atomic mass is 79.9. The zero-order chi connectivity index (χ0) is 17.7. The van der Waals surface area contributed by atoms with Gasteiger partial charge in [-0.1, -0.05) is 54.8 Å². The van der Waals surface area contributed by atoms with Crippen LogP contribution in [-0.4, -0.2) is 24.3 Å². The van der Waals surface area contributed by atoms with Gasteiger partial charge in [0.15, 0.2) is 6.29 Å². The van der Waals surface area contributed by atoms with E-state index in [0.717, 1.165) is 11.9 Å². The van der Waals surface area contributed by atoms with Crippen LogP contribution < -0.4 is 0 Å². The number of hydrogen-bond donors (Lipinski definition) is 0. The van der Waals surface area contributed by atoms with Crippen molar-refractivity contribution in [3.63, 3.8) is 0 Å². The minimum atomic E-state index is 0.0711. The molecule has 0 aromatic carbocycles. The lowest BCUT2D eigenvalue weighted by molar-refractivity contribution is -0.316. The van der Waals surface area contributed by atoms with Crippen molar-refractivity contribution in [3.8, 4) is 0 Å². The van der Waals surface area contributed by atoms with Crippen LogP contribution in [0.4, 0.5) is 0 Å². The van der Waals surface area contributed by atoms with Gasteiger partial charge in [0, 0.05) is 16.7 Å². The number of ether oxygens (including phenoxy) is 2. The van der Waals surface area contributed by atoms with Crippen LogP contribution >= 0.6 is 15.9 Å². The second kappa shape index (κ2) is 6.95. The molecule has 3 heteroatoms. The molecule has 142 valence electrons. The van der Waals surface area contributed by atoms with Crippen molar-refractivity contribution in [2.24, 2.45) is 28.6 Å². The van der Waals surface area contributed by atoms with E-state index in [4.69, 9.17) is 9.47 Å². The summed E-state index contributed by atoms with van der Waals surface area (Å²) in [6.07, 6.45) is 11.9. The number of halogens is 1. The van der Waals surface area contributed by atoms with Crippen LogP contribution in [-0.2, 0) is 9.47 Å². The molecule has 0 radical (unpaired) electrons. The predicted molar refractivity (Wildman–Crippen MR) is 106 cm³/mol. The summed E-state index contributed by atoms with van der Waals surface area (Å²) in [6.45, 7) is 10.4. The van der Waals surface area contributed by atoms with Gasteiger partial charge < -0.3 is 9.47 Å². The number of fused-ring (bicyclic) bond motifs is 3. The first-order chi connectivity index (χ1) is 12.0. The topological polar surface area (TPSA) is 18.5 Å². The summed E-state index contributed by atoms with van der Waals surface area (Å²) >= 11 is 3.69. The van der Waals surface area contributed by atoms with Crippen LogP contribution in [0.15, 0.2) is 12.2 Å². The van der Waals surface area contributed by atoms with Crippen molar-refractivity contribution in [2.45, 2.75) is 84.0 Å². The van der Waals surface area contributed by atoms with E-state index in [1.807, 2.05) is 0 Å². The molecule has 6 atom stereocenters. The maximum atomic E-state index is 6.64. The van der Waals surface area contributed by atoms with Gasteiger partial charge in [0.05, 0.1) is 12.7 Å². The lowest BCUT2D eigenvalue weighted by atomic mass is 9.46. The van der Waals surface area contributed by atoms with E-state index in [2.05, 4.69) is 36.4 Å². The van der Waals surface area contributed by atoms with Crippen molar-refractivity contribution in [3.05, 3.63) is 12.2 Å². The van der Waals surface area contributed by atoms with Gasteiger partial charge in [0.1, 0.15) is 0 Å². The Labute approximate surface area is 162 Å². The van der Waals surface area contributed by atoms with Gasteiger partial charge in [0.25, 0.3) is 0 Å². The highest BCUT2D eigenvalue weighted by Crippen LogP contribution is 2.63. The van der Waals surface area contributed by atoms with Crippen molar-refractivity contribution >= 4 is 15.9 Å². The third kappa shape index (κ3) is 2.97. The fourth-order valence-electron chi connectivity index (χ4n) is 6.97. The van der Waals surface area contributed by atoms with E-state index < -0.39 is 0 Å². The maximum absolute atomic E-state index is 6.64. The van der Waals surface area contributed by atoms with E-state index in [1.54, 1.807) is 0 Å². The van der Waals surface area contributed by atoms with E-state index >= 15 is 0 Å². The van der Waals surface area contributed by atoms with Crippen LogP contribution in [0.1, 0.15) is 71.6 Å². The molecule has 3 aliphatic carbocycles. The molecule has 4 rings (SSSR count). The molecule has 0 amide bonds. The van der Waals surface area contributed by atoms with Gasteiger partial charge in [-0.3, -0.25) is 0 Å². The summed E-state index contributed by atoms with van der Waals surface area (Å²) in [5.74, 6) is 1.99. The standard InChI is InChI=1S/C22H35BrO2/c1-15-8-9-18-21(2,17(15)11-13-23)12-10-19-22(18,3)14-24-20(25-19)16-6-4-5-7-16/h16-20H,1,4-14H2,2-3H3/t17-,18?,19?,20-,21+,22+/m1/s1. The van der Waals surface area contributed by atoms with Crippen LogP contribution in [0.3, 0.4) is 0 Å². The molecular formula is C22H35BrO2. The average Bonchev–Trinajstić information content (AvgIpc) is 3.12. The Morgan fingerprint density at radius 3 is 2.60 bits per heavy atom. The monoisotopic (exact) mass is 410 g/mol. The summed E-state index contributed by atoms with van der Waals surface area (Å²) in [4.78, 5) is 0. The van der Waals surface area contributed by atoms with Crippen molar-refractivity contribution in [1.82, 2.24) is 0 Å². The smallest absolute Gasteiger partial charge is 0.160 e. The van der Waals surface area contributed by atoms with Gasteiger partial charge in [-0.05, 0) is 62.2 Å². The van der Waals surface area contributed by atoms with E-state index in [0.29, 0.717) is 29.3 Å². The van der Waals surface area contributed by atoms with Crippen LogP contribution in [0.2, 0.25) is 0 Å². The molecule has 2 unspecified atom stereocenters. The minimum absolute atomic E-state index is 0.0711. The van der Waals surface area contributed by atoms with Gasteiger partial charge in [0.2, 0.25) is 0 Å². The molecule has 25 heavy (non-hydrogen) atoms. The zero-order valence-corrected chi connectivity index (χ0v) is 17.7. The SMILES string of the molecule is C=C1CCC2[C@]3(C)CO[C@@H](C4CCCC4)OC3CC[C@@]2(C)[C@@H]1CCBr. The summed E-state index contributed by atoms with van der Waals surface area (Å²) in [7, 11) is 0. The quantitative estimate of drug-likeness (QED) is 0.413. The van der Waals surface area contributed by atoms with Crippen molar-refractivity contribution < 1.29 is 9.47 Å². The Morgan fingerprint density at radius 2 is 1.88 bits per heavy atom. The van der Waals surface area contributed by atoms with Crippen LogP contribution in [0, 0.1) is 28.6 Å². The Kier molecular flexibility index (Phi) is 5.14. The number of alkyl halides is 1. The first kappa shape index (κ1) is 18.5. The fraction of sp³-hybridized carbons (Fsp3) is 0.909. The lowest BCUT2D eigenvalue weighted by Crippen LogP contribution is -2.61. The normalized spacial score (nSPS) is 48.2. The van der Waals surface area contributed by atoms with E-state index in [1.165, 1.54) is 63.4 Å². The van der Waals surface area contributed by atoms with E-state index in [9.17, 15) is 0 Å². The largest absolute Gasteiger partial charge is 0.352 e. The second-order valence-electron chi connectivity index (χ2n) is 9.68. The Morgan fingerprint density at radius 1 is 1.12 bits per heavy atom. The molecule has 0 N–H and O–H groups in total. The molecule has 1 heterocycles. The molecule has 1 aliphatic heterocycles. The fourth-order valence-corrected chi connectivity index (χ4v) is 7.43. The Hall–Kier alpha value is 0.140. The molecule has 3 saturated carbocycles. The Balaban J connectivity index is 1.55. The van der Waals surface area contributed by atoms with Crippen molar-refractivity contribution in [1.29, 1.82) is 0 Å². The molecule has 0 bridgehead atoms. The third-order valence-electron chi connectivity index (χ3n) is 8.36. The number of allylic oxidation sites excluding steroid dienone is 1. The first-order valence-electron chi connectivity index (χ1n) is 10.5. The third-order valence-corrected chi connectivity index (χ3v) is 8.81.